The number of carbonyl (C=O) groups is 2. The SMILES string of the molecule is C[N+](C)(CCCCc1cccc2ccccc12)c1ccccc1.O=C([O-])C(=O)O. The molecule has 0 aliphatic carbocycles. The molecule has 0 saturated heterocycles. The quantitative estimate of drug-likeness (QED) is 0.396. The molecule has 1 N–H and O–H groups in total. The normalized spacial score (nSPS) is 10.8. The van der Waals surface area contributed by atoms with Gasteiger partial charge in [0.1, 0.15) is 5.69 Å². The summed E-state index contributed by atoms with van der Waals surface area (Å²) in [6.07, 6.45) is 3.64. The van der Waals surface area contributed by atoms with Crippen molar-refractivity contribution in [1.29, 1.82) is 0 Å². The molecule has 3 rings (SSSR count). The first-order chi connectivity index (χ1) is 13.8. The minimum Gasteiger partial charge on any atom is -0.539 e. The van der Waals surface area contributed by atoms with Crippen LogP contribution in [-0.4, -0.2) is 37.7 Å². The van der Waals surface area contributed by atoms with Crippen LogP contribution in [0.4, 0.5) is 5.69 Å². The van der Waals surface area contributed by atoms with Gasteiger partial charge in [0, 0.05) is 0 Å². The van der Waals surface area contributed by atoms with Crippen LogP contribution in [0.2, 0.25) is 0 Å². The van der Waals surface area contributed by atoms with Crippen molar-refractivity contribution in [3.63, 3.8) is 0 Å². The summed E-state index contributed by atoms with van der Waals surface area (Å²) in [7, 11) is 4.60. The Morgan fingerprint density at radius 1 is 0.862 bits per heavy atom. The number of quaternary nitrogens is 1. The van der Waals surface area contributed by atoms with Gasteiger partial charge in [-0.1, -0.05) is 60.7 Å². The molecule has 3 aromatic rings. The first kappa shape index (κ1) is 22.1. The molecule has 0 spiro atoms. The van der Waals surface area contributed by atoms with Gasteiger partial charge in [0.25, 0.3) is 0 Å². The van der Waals surface area contributed by atoms with Gasteiger partial charge >= 0.3 is 5.97 Å². The molecule has 0 unspecified atom stereocenters. The van der Waals surface area contributed by atoms with Gasteiger partial charge in [0.15, 0.2) is 5.97 Å². The Morgan fingerprint density at radius 2 is 1.45 bits per heavy atom. The summed E-state index contributed by atoms with van der Waals surface area (Å²) >= 11 is 0. The van der Waals surface area contributed by atoms with E-state index in [-0.39, 0.29) is 0 Å². The third-order valence-corrected chi connectivity index (χ3v) is 4.92. The van der Waals surface area contributed by atoms with Crippen molar-refractivity contribution in [2.24, 2.45) is 0 Å². The van der Waals surface area contributed by atoms with Crippen molar-refractivity contribution >= 4 is 28.4 Å². The Morgan fingerprint density at radius 3 is 2.10 bits per heavy atom. The van der Waals surface area contributed by atoms with Crippen LogP contribution >= 0.6 is 0 Å². The van der Waals surface area contributed by atoms with E-state index in [0.717, 1.165) is 10.9 Å². The van der Waals surface area contributed by atoms with Gasteiger partial charge in [-0.25, -0.2) is 4.79 Å². The molecule has 0 aliphatic heterocycles. The summed E-state index contributed by atoms with van der Waals surface area (Å²) in [5.74, 6) is -4.01. The zero-order valence-corrected chi connectivity index (χ0v) is 16.9. The Kier molecular flexibility index (Phi) is 7.92. The highest BCUT2D eigenvalue weighted by atomic mass is 16.4. The highest BCUT2D eigenvalue weighted by Crippen LogP contribution is 2.22. The zero-order chi connectivity index (χ0) is 21.3. The number of unbranched alkanes of at least 4 members (excludes halogenated alkanes) is 1. The van der Waals surface area contributed by atoms with Crippen molar-refractivity contribution in [3.8, 4) is 0 Å². The van der Waals surface area contributed by atoms with Crippen LogP contribution in [0.5, 0.6) is 0 Å². The Balaban J connectivity index is 0.000000438. The Labute approximate surface area is 171 Å². The fraction of sp³-hybridized carbons (Fsp3) is 0.250. The van der Waals surface area contributed by atoms with E-state index in [1.54, 1.807) is 0 Å². The number of rotatable bonds is 6. The molecular formula is C24H27NO4. The summed E-state index contributed by atoms with van der Waals surface area (Å²) in [5, 5.41) is 19.1. The molecule has 152 valence electrons. The molecule has 0 radical (unpaired) electrons. The number of hydrogen-bond acceptors (Lipinski definition) is 3. The number of carboxylic acids is 2. The summed E-state index contributed by atoms with van der Waals surface area (Å²) in [5.41, 5.74) is 2.87. The third-order valence-electron chi connectivity index (χ3n) is 4.92. The standard InChI is InChI=1S/C22H26N.C2H2O4/c1-23(2,21-15-4-3-5-16-21)18-9-8-12-20-14-10-13-19-11-6-7-17-22(19)20;3-1(4)2(5)6/h3-7,10-11,13-17H,8-9,12,18H2,1-2H3;(H,3,4)(H,5,6)/q+1;/p-1. The summed E-state index contributed by atoms with van der Waals surface area (Å²) in [6.45, 7) is 1.18. The summed E-state index contributed by atoms with van der Waals surface area (Å²) < 4.78 is 0.955. The van der Waals surface area contributed by atoms with Crippen molar-refractivity contribution < 1.29 is 19.8 Å². The highest BCUT2D eigenvalue weighted by molar-refractivity contribution is 6.26. The molecule has 0 fully saturated rings. The molecular weight excluding hydrogens is 366 g/mol. The van der Waals surface area contributed by atoms with Crippen molar-refractivity contribution in [2.75, 3.05) is 20.6 Å². The number of benzene rings is 3. The predicted molar refractivity (Wildman–Crippen MR) is 114 cm³/mol. The number of aryl methyl sites for hydroxylation is 1. The molecule has 0 amide bonds. The maximum absolute atomic E-state index is 9.04. The van der Waals surface area contributed by atoms with Crippen LogP contribution in [0.25, 0.3) is 10.8 Å². The van der Waals surface area contributed by atoms with Crippen LogP contribution in [0.15, 0.2) is 72.8 Å². The fourth-order valence-corrected chi connectivity index (χ4v) is 3.29. The van der Waals surface area contributed by atoms with E-state index in [1.165, 1.54) is 41.4 Å². The maximum Gasteiger partial charge on any atom is 0.351 e. The number of aliphatic carboxylic acids is 2. The number of nitrogens with zero attached hydrogens (tertiary/aromatic N) is 1. The summed E-state index contributed by atoms with van der Waals surface area (Å²) in [4.78, 5) is 18.0. The van der Waals surface area contributed by atoms with E-state index >= 15 is 0 Å². The Bertz CT molecular complexity index is 934. The first-order valence-electron chi connectivity index (χ1n) is 9.61. The molecule has 0 heterocycles. The molecule has 0 aliphatic rings. The molecule has 0 aromatic heterocycles. The van der Waals surface area contributed by atoms with Crippen LogP contribution in [0, 0.1) is 0 Å². The predicted octanol–water partition coefficient (Wildman–Crippen LogP) is 3.25. The van der Waals surface area contributed by atoms with Crippen LogP contribution in [0.1, 0.15) is 18.4 Å². The van der Waals surface area contributed by atoms with Gasteiger partial charge in [0.2, 0.25) is 0 Å². The smallest absolute Gasteiger partial charge is 0.351 e. The van der Waals surface area contributed by atoms with Gasteiger partial charge in [-0.3, -0.25) is 4.48 Å². The van der Waals surface area contributed by atoms with Crippen LogP contribution in [-0.2, 0) is 16.0 Å². The zero-order valence-electron chi connectivity index (χ0n) is 16.9. The van der Waals surface area contributed by atoms with Gasteiger partial charge in [0.05, 0.1) is 20.6 Å². The summed E-state index contributed by atoms with van der Waals surface area (Å²) in [6, 6.07) is 26.2. The molecule has 0 saturated carbocycles. The monoisotopic (exact) mass is 393 g/mol. The average Bonchev–Trinajstić information content (AvgIpc) is 2.72. The topological polar surface area (TPSA) is 77.4 Å². The molecule has 29 heavy (non-hydrogen) atoms. The van der Waals surface area contributed by atoms with Gasteiger partial charge in [-0.2, -0.15) is 0 Å². The number of hydrogen-bond donors (Lipinski definition) is 1. The van der Waals surface area contributed by atoms with E-state index < -0.39 is 11.9 Å². The van der Waals surface area contributed by atoms with Crippen molar-refractivity contribution in [3.05, 3.63) is 78.4 Å². The third kappa shape index (κ3) is 6.73. The number of carboxylic acid groups (broad SMARTS) is 2. The molecule has 0 bridgehead atoms. The lowest BCUT2D eigenvalue weighted by Crippen LogP contribution is -2.41. The van der Waals surface area contributed by atoms with Gasteiger partial charge in [-0.15, -0.1) is 0 Å². The van der Waals surface area contributed by atoms with E-state index in [4.69, 9.17) is 19.8 Å². The second-order valence-electron chi connectivity index (χ2n) is 7.43. The second kappa shape index (κ2) is 10.4. The fourth-order valence-electron chi connectivity index (χ4n) is 3.29. The lowest BCUT2D eigenvalue weighted by molar-refractivity contribution is -0.303. The second-order valence-corrected chi connectivity index (χ2v) is 7.43. The maximum atomic E-state index is 9.04. The number of carbonyl (C=O) groups excluding carboxylic acids is 1. The van der Waals surface area contributed by atoms with Crippen LogP contribution < -0.4 is 9.59 Å². The highest BCUT2D eigenvalue weighted by Gasteiger charge is 2.17. The first-order valence-corrected chi connectivity index (χ1v) is 9.61. The largest absolute Gasteiger partial charge is 0.539 e. The van der Waals surface area contributed by atoms with E-state index in [1.807, 2.05) is 0 Å². The van der Waals surface area contributed by atoms with E-state index in [9.17, 15) is 0 Å². The number of fused-ring (bicyclic) bond motifs is 1. The average molecular weight is 393 g/mol. The van der Waals surface area contributed by atoms with Gasteiger partial charge < -0.3 is 15.0 Å². The van der Waals surface area contributed by atoms with E-state index in [2.05, 4.69) is 86.9 Å². The molecule has 5 nitrogen and oxygen atoms in total. The van der Waals surface area contributed by atoms with E-state index in [0.29, 0.717) is 0 Å². The van der Waals surface area contributed by atoms with Crippen molar-refractivity contribution in [1.82, 2.24) is 4.48 Å². The lowest BCUT2D eigenvalue weighted by atomic mass is 10.00. The Hall–Kier alpha value is -3.18. The lowest BCUT2D eigenvalue weighted by Gasteiger charge is -2.29. The molecule has 0 atom stereocenters. The minimum atomic E-state index is -2.07. The number of para-hydroxylation sites is 1. The van der Waals surface area contributed by atoms with Crippen LogP contribution in [0.3, 0.4) is 0 Å². The minimum absolute atomic E-state index is 0.955. The molecule has 5 heteroatoms. The molecule has 3 aromatic carbocycles. The van der Waals surface area contributed by atoms with Gasteiger partial charge in [-0.05, 0) is 47.7 Å². The van der Waals surface area contributed by atoms with Crippen molar-refractivity contribution in [2.45, 2.75) is 19.3 Å².